The molecule has 0 atom stereocenters. The lowest BCUT2D eigenvalue weighted by Gasteiger charge is -1.89. The second kappa shape index (κ2) is 2.23. The van der Waals surface area contributed by atoms with E-state index in [4.69, 9.17) is 9.63 Å². The van der Waals surface area contributed by atoms with Gasteiger partial charge in [-0.3, -0.25) is 4.79 Å². The topological polar surface area (TPSA) is 83.3 Å². The highest BCUT2D eigenvalue weighted by Gasteiger charge is 2.33. The molecule has 1 fully saturated rings. The second-order valence-electron chi connectivity index (χ2n) is 2.85. The van der Waals surface area contributed by atoms with Crippen molar-refractivity contribution in [3.63, 3.8) is 0 Å². The summed E-state index contributed by atoms with van der Waals surface area (Å²) < 4.78 is 4.76. The van der Waals surface area contributed by atoms with Crippen LogP contribution >= 0.6 is 0 Å². The van der Waals surface area contributed by atoms with Gasteiger partial charge in [0.15, 0.2) is 11.3 Å². The second-order valence-corrected chi connectivity index (χ2v) is 2.85. The van der Waals surface area contributed by atoms with Crippen LogP contribution in [0.3, 0.4) is 0 Å². The van der Waals surface area contributed by atoms with E-state index in [0.717, 1.165) is 12.8 Å². The van der Waals surface area contributed by atoms with Gasteiger partial charge in [-0.2, -0.15) is 5.16 Å². The molecule has 0 bridgehead atoms. The standard InChI is InChI=1S/C7H7NO4/c9-6-4(7(10)11)5(12-8-6)3-1-2-3/h3H,1-2H2,(H,8,9)(H,10,11). The lowest BCUT2D eigenvalue weighted by Crippen LogP contribution is -2.12. The molecule has 0 aliphatic heterocycles. The maximum absolute atomic E-state index is 10.9. The van der Waals surface area contributed by atoms with E-state index in [9.17, 15) is 9.59 Å². The fourth-order valence-corrected chi connectivity index (χ4v) is 1.15. The van der Waals surface area contributed by atoms with Gasteiger partial charge in [0.25, 0.3) is 5.56 Å². The number of aromatic amines is 1. The minimum Gasteiger partial charge on any atom is -0.477 e. The Labute approximate surface area is 67.0 Å². The first-order valence-corrected chi connectivity index (χ1v) is 3.65. The fraction of sp³-hybridized carbons (Fsp3) is 0.429. The van der Waals surface area contributed by atoms with E-state index in [1.165, 1.54) is 0 Å². The van der Waals surface area contributed by atoms with Crippen molar-refractivity contribution >= 4 is 5.97 Å². The smallest absolute Gasteiger partial charge is 0.345 e. The van der Waals surface area contributed by atoms with Crippen LogP contribution in [0.25, 0.3) is 0 Å². The van der Waals surface area contributed by atoms with Crippen LogP contribution in [0.5, 0.6) is 0 Å². The third kappa shape index (κ3) is 0.939. The van der Waals surface area contributed by atoms with Crippen molar-refractivity contribution < 1.29 is 14.4 Å². The predicted molar refractivity (Wildman–Crippen MR) is 38.3 cm³/mol. The van der Waals surface area contributed by atoms with Gasteiger partial charge < -0.3 is 9.63 Å². The quantitative estimate of drug-likeness (QED) is 0.676. The lowest BCUT2D eigenvalue weighted by atomic mass is 10.2. The van der Waals surface area contributed by atoms with Gasteiger partial charge in [0.05, 0.1) is 0 Å². The van der Waals surface area contributed by atoms with E-state index in [1.807, 2.05) is 5.16 Å². The van der Waals surface area contributed by atoms with Crippen molar-refractivity contribution in [1.29, 1.82) is 0 Å². The number of nitrogens with one attached hydrogen (secondary N) is 1. The highest BCUT2D eigenvalue weighted by molar-refractivity contribution is 5.88. The number of H-pyrrole nitrogens is 1. The number of aromatic carboxylic acids is 1. The number of hydrogen-bond donors (Lipinski definition) is 2. The van der Waals surface area contributed by atoms with Crippen molar-refractivity contribution in [2.45, 2.75) is 18.8 Å². The number of carbonyl (C=O) groups is 1. The number of hydrogen-bond acceptors (Lipinski definition) is 3. The Morgan fingerprint density at radius 1 is 1.58 bits per heavy atom. The normalized spacial score (nSPS) is 16.3. The molecule has 0 aromatic carbocycles. The molecule has 12 heavy (non-hydrogen) atoms. The Kier molecular flexibility index (Phi) is 1.33. The van der Waals surface area contributed by atoms with Crippen LogP contribution in [0.1, 0.15) is 34.9 Å². The highest BCUT2D eigenvalue weighted by Crippen LogP contribution is 2.40. The summed E-state index contributed by atoms with van der Waals surface area (Å²) in [4.78, 5) is 21.4. The lowest BCUT2D eigenvalue weighted by molar-refractivity contribution is 0.0693. The summed E-state index contributed by atoms with van der Waals surface area (Å²) in [5.41, 5.74) is -0.887. The fourth-order valence-electron chi connectivity index (χ4n) is 1.15. The average molecular weight is 169 g/mol. The van der Waals surface area contributed by atoms with E-state index in [1.54, 1.807) is 0 Å². The maximum Gasteiger partial charge on any atom is 0.345 e. The maximum atomic E-state index is 10.9. The Balaban J connectivity index is 2.53. The molecule has 1 heterocycles. The molecule has 1 aromatic rings. The minimum absolute atomic E-state index is 0.134. The van der Waals surface area contributed by atoms with Crippen molar-refractivity contribution in [3.8, 4) is 0 Å². The summed E-state index contributed by atoms with van der Waals surface area (Å²) in [6, 6.07) is 0. The summed E-state index contributed by atoms with van der Waals surface area (Å²) in [6.45, 7) is 0. The van der Waals surface area contributed by atoms with E-state index in [2.05, 4.69) is 0 Å². The molecule has 0 saturated heterocycles. The van der Waals surface area contributed by atoms with Gasteiger partial charge in [-0.25, -0.2) is 4.79 Å². The van der Waals surface area contributed by atoms with Crippen LogP contribution in [-0.2, 0) is 0 Å². The van der Waals surface area contributed by atoms with Gasteiger partial charge in [-0.05, 0) is 12.8 Å². The molecule has 5 nitrogen and oxygen atoms in total. The van der Waals surface area contributed by atoms with Crippen LogP contribution in [-0.4, -0.2) is 16.2 Å². The van der Waals surface area contributed by atoms with Gasteiger partial charge in [0, 0.05) is 5.92 Å². The third-order valence-electron chi connectivity index (χ3n) is 1.89. The number of carboxylic acid groups (broad SMARTS) is 1. The molecule has 64 valence electrons. The summed E-state index contributed by atoms with van der Waals surface area (Å²) in [7, 11) is 0. The largest absolute Gasteiger partial charge is 0.477 e. The van der Waals surface area contributed by atoms with E-state index < -0.39 is 11.5 Å². The van der Waals surface area contributed by atoms with Gasteiger partial charge in [-0.15, -0.1) is 0 Å². The first-order valence-electron chi connectivity index (χ1n) is 3.65. The molecule has 0 unspecified atom stereocenters. The minimum atomic E-state index is -1.22. The Bertz CT molecular complexity index is 371. The van der Waals surface area contributed by atoms with Gasteiger partial charge in [0.2, 0.25) is 0 Å². The molecular weight excluding hydrogens is 162 g/mol. The zero-order valence-corrected chi connectivity index (χ0v) is 6.16. The predicted octanol–water partition coefficient (Wildman–Crippen LogP) is 0.543. The van der Waals surface area contributed by atoms with Crippen molar-refractivity contribution in [2.24, 2.45) is 0 Å². The first-order chi connectivity index (χ1) is 5.70. The molecule has 0 amide bonds. The Morgan fingerprint density at radius 2 is 2.25 bits per heavy atom. The summed E-state index contributed by atoms with van der Waals surface area (Å²) in [5.74, 6) is -0.783. The van der Waals surface area contributed by atoms with Gasteiger partial charge in [-0.1, -0.05) is 0 Å². The van der Waals surface area contributed by atoms with E-state index in [0.29, 0.717) is 5.76 Å². The molecule has 1 aromatic heterocycles. The Hall–Kier alpha value is -1.52. The zero-order valence-electron chi connectivity index (χ0n) is 6.16. The SMILES string of the molecule is O=C(O)c1c(C2CC2)o[nH]c1=O. The highest BCUT2D eigenvalue weighted by atomic mass is 16.5. The van der Waals surface area contributed by atoms with Crippen LogP contribution in [0, 0.1) is 0 Å². The van der Waals surface area contributed by atoms with Crippen molar-refractivity contribution in [3.05, 3.63) is 21.7 Å². The van der Waals surface area contributed by atoms with Crippen LogP contribution in [0.15, 0.2) is 9.32 Å². The molecule has 2 N–H and O–H groups in total. The molecule has 1 saturated carbocycles. The summed E-state index contributed by atoms with van der Waals surface area (Å²) >= 11 is 0. The van der Waals surface area contributed by atoms with Crippen molar-refractivity contribution in [2.75, 3.05) is 0 Å². The first kappa shape index (κ1) is 7.15. The van der Waals surface area contributed by atoms with Crippen molar-refractivity contribution in [1.82, 2.24) is 5.16 Å². The number of aromatic nitrogens is 1. The molecule has 1 aliphatic rings. The van der Waals surface area contributed by atoms with Crippen LogP contribution in [0.2, 0.25) is 0 Å². The molecule has 1 aliphatic carbocycles. The number of rotatable bonds is 2. The van der Waals surface area contributed by atoms with E-state index >= 15 is 0 Å². The molecule has 0 radical (unpaired) electrons. The van der Waals surface area contributed by atoms with Crippen LogP contribution < -0.4 is 5.56 Å². The van der Waals surface area contributed by atoms with Gasteiger partial charge in [0.1, 0.15) is 0 Å². The van der Waals surface area contributed by atoms with E-state index in [-0.39, 0.29) is 11.5 Å². The van der Waals surface area contributed by atoms with Crippen LogP contribution in [0.4, 0.5) is 0 Å². The monoisotopic (exact) mass is 169 g/mol. The average Bonchev–Trinajstić information content (AvgIpc) is 2.75. The third-order valence-corrected chi connectivity index (χ3v) is 1.89. The summed E-state index contributed by atoms with van der Waals surface area (Å²) in [6.07, 6.45) is 1.81. The van der Waals surface area contributed by atoms with Gasteiger partial charge >= 0.3 is 5.97 Å². The zero-order chi connectivity index (χ0) is 8.72. The Morgan fingerprint density at radius 3 is 2.75 bits per heavy atom. The molecule has 5 heteroatoms. The summed E-state index contributed by atoms with van der Waals surface area (Å²) in [5, 5.41) is 10.7. The number of carboxylic acids is 1. The molecular formula is C7H7NO4. The molecule has 2 rings (SSSR count). The molecule has 0 spiro atoms.